The van der Waals surface area contributed by atoms with E-state index in [4.69, 9.17) is 4.74 Å². The second kappa shape index (κ2) is 6.69. The normalized spacial score (nSPS) is 23.8. The van der Waals surface area contributed by atoms with Gasteiger partial charge in [-0.3, -0.25) is 9.80 Å². The Morgan fingerprint density at radius 3 is 2.65 bits per heavy atom. The Morgan fingerprint density at radius 2 is 2.06 bits per heavy atom. The topological polar surface area (TPSA) is 27.7 Å². The van der Waals surface area contributed by atoms with Crippen LogP contribution in [-0.4, -0.2) is 74.9 Å². The molecule has 1 rings (SSSR count). The SMILES string of the molecule is COCCNCC(C)N1CCN(C)C(C)(C)C1. The van der Waals surface area contributed by atoms with E-state index in [-0.39, 0.29) is 0 Å². The van der Waals surface area contributed by atoms with Crippen molar-refractivity contribution in [2.45, 2.75) is 32.4 Å². The summed E-state index contributed by atoms with van der Waals surface area (Å²) in [6.07, 6.45) is 0. The molecule has 1 aliphatic heterocycles. The minimum absolute atomic E-state index is 0.291. The van der Waals surface area contributed by atoms with Crippen LogP contribution < -0.4 is 5.32 Å². The van der Waals surface area contributed by atoms with Crippen molar-refractivity contribution < 1.29 is 4.74 Å². The molecule has 1 atom stereocenters. The summed E-state index contributed by atoms with van der Waals surface area (Å²) in [7, 11) is 3.97. The van der Waals surface area contributed by atoms with E-state index >= 15 is 0 Å². The number of ether oxygens (including phenoxy) is 1. The van der Waals surface area contributed by atoms with E-state index in [9.17, 15) is 0 Å². The number of rotatable bonds is 6. The van der Waals surface area contributed by atoms with Gasteiger partial charge in [-0.1, -0.05) is 0 Å². The fourth-order valence-corrected chi connectivity index (χ4v) is 2.27. The maximum absolute atomic E-state index is 5.03. The molecule has 0 aromatic rings. The summed E-state index contributed by atoms with van der Waals surface area (Å²) in [6, 6.07) is 0.597. The molecule has 1 N–H and O–H groups in total. The molecule has 1 aliphatic rings. The van der Waals surface area contributed by atoms with Gasteiger partial charge in [-0.05, 0) is 27.8 Å². The van der Waals surface area contributed by atoms with Gasteiger partial charge in [0, 0.05) is 51.4 Å². The van der Waals surface area contributed by atoms with E-state index in [1.54, 1.807) is 7.11 Å². The van der Waals surface area contributed by atoms with Crippen molar-refractivity contribution in [3.05, 3.63) is 0 Å². The maximum Gasteiger partial charge on any atom is 0.0587 e. The quantitative estimate of drug-likeness (QED) is 0.693. The van der Waals surface area contributed by atoms with Gasteiger partial charge in [-0.2, -0.15) is 0 Å². The molecule has 17 heavy (non-hydrogen) atoms. The van der Waals surface area contributed by atoms with Crippen LogP contribution in [0.5, 0.6) is 0 Å². The van der Waals surface area contributed by atoms with E-state index in [1.807, 2.05) is 0 Å². The molecule has 0 bridgehead atoms. The lowest BCUT2D eigenvalue weighted by atomic mass is 9.98. The molecule has 1 fully saturated rings. The molecule has 0 aromatic carbocycles. The summed E-state index contributed by atoms with van der Waals surface area (Å²) in [5.41, 5.74) is 0.291. The fraction of sp³-hybridized carbons (Fsp3) is 1.00. The van der Waals surface area contributed by atoms with Gasteiger partial charge >= 0.3 is 0 Å². The molecule has 0 spiro atoms. The third kappa shape index (κ3) is 4.54. The lowest BCUT2D eigenvalue weighted by Gasteiger charge is -2.47. The first-order chi connectivity index (χ1) is 7.97. The lowest BCUT2D eigenvalue weighted by molar-refractivity contribution is 0.0205. The first kappa shape index (κ1) is 14.9. The van der Waals surface area contributed by atoms with Crippen LogP contribution >= 0.6 is 0 Å². The van der Waals surface area contributed by atoms with E-state index in [2.05, 4.69) is 42.9 Å². The lowest BCUT2D eigenvalue weighted by Crippen LogP contribution is -2.60. The Labute approximate surface area is 106 Å². The highest BCUT2D eigenvalue weighted by atomic mass is 16.5. The zero-order chi connectivity index (χ0) is 12.9. The van der Waals surface area contributed by atoms with Gasteiger partial charge in [0.05, 0.1) is 6.61 Å². The summed E-state index contributed by atoms with van der Waals surface area (Å²) in [4.78, 5) is 5.04. The molecule has 4 nitrogen and oxygen atoms in total. The molecule has 1 unspecified atom stereocenters. The van der Waals surface area contributed by atoms with Gasteiger partial charge in [-0.25, -0.2) is 0 Å². The first-order valence-electron chi connectivity index (χ1n) is 6.62. The molecule has 102 valence electrons. The minimum Gasteiger partial charge on any atom is -0.383 e. The molecule has 4 heteroatoms. The molecule has 0 saturated carbocycles. The number of nitrogens with one attached hydrogen (secondary N) is 1. The summed E-state index contributed by atoms with van der Waals surface area (Å²) >= 11 is 0. The zero-order valence-corrected chi connectivity index (χ0v) is 12.1. The molecular weight excluding hydrogens is 214 g/mol. The van der Waals surface area contributed by atoms with Crippen molar-refractivity contribution in [2.75, 3.05) is 53.5 Å². The van der Waals surface area contributed by atoms with Crippen molar-refractivity contribution in [2.24, 2.45) is 0 Å². The molecule has 0 amide bonds. The minimum atomic E-state index is 0.291. The summed E-state index contributed by atoms with van der Waals surface area (Å²) < 4.78 is 5.03. The van der Waals surface area contributed by atoms with Crippen molar-refractivity contribution in [1.29, 1.82) is 0 Å². The molecular formula is C13H29N3O. The van der Waals surface area contributed by atoms with Crippen LogP contribution in [-0.2, 0) is 4.74 Å². The second-order valence-electron chi connectivity index (χ2n) is 5.75. The van der Waals surface area contributed by atoms with Crippen molar-refractivity contribution >= 4 is 0 Å². The maximum atomic E-state index is 5.03. The molecule has 0 aliphatic carbocycles. The Bertz CT molecular complexity index is 221. The Morgan fingerprint density at radius 1 is 1.35 bits per heavy atom. The number of nitrogens with zero attached hydrogens (tertiary/aromatic N) is 2. The average molecular weight is 243 g/mol. The monoisotopic (exact) mass is 243 g/mol. The number of likely N-dealkylation sites (N-methyl/N-ethyl adjacent to an activating group) is 1. The van der Waals surface area contributed by atoms with Crippen molar-refractivity contribution in [3.63, 3.8) is 0 Å². The van der Waals surface area contributed by atoms with E-state index in [0.29, 0.717) is 11.6 Å². The smallest absolute Gasteiger partial charge is 0.0587 e. The van der Waals surface area contributed by atoms with Crippen LogP contribution in [0.1, 0.15) is 20.8 Å². The number of hydrogen-bond donors (Lipinski definition) is 1. The van der Waals surface area contributed by atoms with E-state index in [1.165, 1.54) is 6.54 Å². The molecule has 1 heterocycles. The van der Waals surface area contributed by atoms with Gasteiger partial charge in [-0.15, -0.1) is 0 Å². The molecule has 1 saturated heterocycles. The third-order valence-corrected chi connectivity index (χ3v) is 3.89. The number of piperazine rings is 1. The Kier molecular flexibility index (Phi) is 5.86. The average Bonchev–Trinajstić information content (AvgIpc) is 2.28. The van der Waals surface area contributed by atoms with Gasteiger partial charge in [0.15, 0.2) is 0 Å². The first-order valence-corrected chi connectivity index (χ1v) is 6.62. The van der Waals surface area contributed by atoms with Crippen molar-refractivity contribution in [3.8, 4) is 0 Å². The fourth-order valence-electron chi connectivity index (χ4n) is 2.27. The van der Waals surface area contributed by atoms with Crippen molar-refractivity contribution in [1.82, 2.24) is 15.1 Å². The number of hydrogen-bond acceptors (Lipinski definition) is 4. The Balaban J connectivity index is 2.30. The van der Waals surface area contributed by atoms with Crippen LogP contribution in [0.2, 0.25) is 0 Å². The van der Waals surface area contributed by atoms with Crippen LogP contribution in [0.3, 0.4) is 0 Å². The highest BCUT2D eigenvalue weighted by molar-refractivity contribution is 4.90. The summed E-state index contributed by atoms with van der Waals surface area (Å²) in [5.74, 6) is 0. The Hall–Kier alpha value is -0.160. The van der Waals surface area contributed by atoms with Gasteiger partial charge in [0.2, 0.25) is 0 Å². The predicted octanol–water partition coefficient (Wildman–Crippen LogP) is 0.637. The van der Waals surface area contributed by atoms with Crippen LogP contribution in [0.25, 0.3) is 0 Å². The zero-order valence-electron chi connectivity index (χ0n) is 12.1. The van der Waals surface area contributed by atoms with Gasteiger partial charge in [0.25, 0.3) is 0 Å². The summed E-state index contributed by atoms with van der Waals surface area (Å²) in [6.45, 7) is 13.2. The van der Waals surface area contributed by atoms with Crippen LogP contribution in [0.15, 0.2) is 0 Å². The standard InChI is InChI=1S/C13H29N3O/c1-12(10-14-6-9-17-5)16-8-7-15(4)13(2,3)11-16/h12,14H,6-11H2,1-5H3. The van der Waals surface area contributed by atoms with E-state index < -0.39 is 0 Å². The molecule has 0 radical (unpaired) electrons. The van der Waals surface area contributed by atoms with Crippen LogP contribution in [0.4, 0.5) is 0 Å². The van der Waals surface area contributed by atoms with Crippen LogP contribution in [0, 0.1) is 0 Å². The summed E-state index contributed by atoms with van der Waals surface area (Å²) in [5, 5.41) is 3.44. The molecule has 0 aromatic heterocycles. The largest absolute Gasteiger partial charge is 0.383 e. The van der Waals surface area contributed by atoms with Gasteiger partial charge < -0.3 is 10.1 Å². The highest BCUT2D eigenvalue weighted by Gasteiger charge is 2.32. The van der Waals surface area contributed by atoms with Gasteiger partial charge in [0.1, 0.15) is 0 Å². The number of methoxy groups -OCH3 is 1. The predicted molar refractivity (Wildman–Crippen MR) is 72.5 cm³/mol. The van der Waals surface area contributed by atoms with E-state index in [0.717, 1.165) is 32.8 Å². The highest BCUT2D eigenvalue weighted by Crippen LogP contribution is 2.20. The third-order valence-electron chi connectivity index (χ3n) is 3.89. The second-order valence-corrected chi connectivity index (χ2v) is 5.75.